The molecule has 0 saturated heterocycles. The van der Waals surface area contributed by atoms with E-state index in [9.17, 15) is 4.79 Å². The first kappa shape index (κ1) is 21.5. The van der Waals surface area contributed by atoms with E-state index in [1.165, 1.54) is 18.9 Å². The summed E-state index contributed by atoms with van der Waals surface area (Å²) in [5.41, 5.74) is 7.76. The van der Waals surface area contributed by atoms with Crippen molar-refractivity contribution in [1.29, 1.82) is 0 Å². The zero-order valence-corrected chi connectivity index (χ0v) is 18.0. The second-order valence-corrected chi connectivity index (χ2v) is 7.41. The molecule has 0 bridgehead atoms. The van der Waals surface area contributed by atoms with Gasteiger partial charge in [-0.15, -0.1) is 10.2 Å². The molecule has 0 spiro atoms. The number of nitrogens with one attached hydrogen (secondary N) is 1. The van der Waals surface area contributed by atoms with Crippen molar-refractivity contribution in [3.8, 4) is 11.5 Å². The maximum atomic E-state index is 13.1. The van der Waals surface area contributed by atoms with Crippen molar-refractivity contribution in [2.75, 3.05) is 25.3 Å². The Morgan fingerprint density at radius 3 is 2.60 bits per heavy atom. The van der Waals surface area contributed by atoms with Crippen LogP contribution in [0, 0.1) is 0 Å². The number of thioether (sulfide) groups is 1. The lowest BCUT2D eigenvalue weighted by Gasteiger charge is -2.20. The molecule has 1 atom stereocenters. The minimum absolute atomic E-state index is 0.203. The number of aromatic nitrogens is 3. The number of methoxy groups -OCH3 is 2. The standard InChI is InChI=1S/C21H25N5O3S/c1-4-17(19(27)23-16-11-10-15(28-2)12-18(16)29-3)26-20(22)24-25-21(26)30-13-14-8-6-5-7-9-14/h5-12,17H,4,13H2,1-3H3,(H2,22,24)(H,23,27). The SMILES string of the molecule is CCC(C(=O)Nc1ccc(OC)cc1OC)n1c(N)nnc1SCc1ccccc1. The number of rotatable bonds is 9. The van der Waals surface area contributed by atoms with E-state index < -0.39 is 6.04 Å². The molecule has 0 radical (unpaired) electrons. The van der Waals surface area contributed by atoms with Gasteiger partial charge in [-0.25, -0.2) is 0 Å². The van der Waals surface area contributed by atoms with Gasteiger partial charge in [0, 0.05) is 11.8 Å². The zero-order chi connectivity index (χ0) is 21.5. The van der Waals surface area contributed by atoms with Crippen molar-refractivity contribution in [2.45, 2.75) is 30.3 Å². The van der Waals surface area contributed by atoms with Crippen LogP contribution in [0.1, 0.15) is 24.9 Å². The van der Waals surface area contributed by atoms with E-state index in [2.05, 4.69) is 15.5 Å². The van der Waals surface area contributed by atoms with Gasteiger partial charge < -0.3 is 20.5 Å². The Balaban J connectivity index is 1.80. The molecule has 8 nitrogen and oxygen atoms in total. The molecule has 9 heteroatoms. The minimum Gasteiger partial charge on any atom is -0.497 e. The van der Waals surface area contributed by atoms with E-state index in [0.717, 1.165) is 5.56 Å². The Hall–Kier alpha value is -3.20. The number of nitrogens with two attached hydrogens (primary N) is 1. The first-order chi connectivity index (χ1) is 14.6. The van der Waals surface area contributed by atoms with Gasteiger partial charge in [0.05, 0.1) is 19.9 Å². The summed E-state index contributed by atoms with van der Waals surface area (Å²) < 4.78 is 12.3. The fraction of sp³-hybridized carbons (Fsp3) is 0.286. The monoisotopic (exact) mass is 427 g/mol. The largest absolute Gasteiger partial charge is 0.497 e. The van der Waals surface area contributed by atoms with Crippen molar-refractivity contribution in [1.82, 2.24) is 14.8 Å². The van der Waals surface area contributed by atoms with E-state index in [-0.39, 0.29) is 11.9 Å². The summed E-state index contributed by atoms with van der Waals surface area (Å²) in [6.45, 7) is 1.92. The summed E-state index contributed by atoms with van der Waals surface area (Å²) in [6, 6.07) is 14.7. The number of anilines is 2. The number of nitrogens with zero attached hydrogens (tertiary/aromatic N) is 3. The van der Waals surface area contributed by atoms with Gasteiger partial charge in [0.25, 0.3) is 0 Å². The Morgan fingerprint density at radius 1 is 1.17 bits per heavy atom. The fourth-order valence-electron chi connectivity index (χ4n) is 3.00. The molecule has 1 aromatic heterocycles. The molecule has 1 unspecified atom stereocenters. The third-order valence-corrected chi connectivity index (χ3v) is 5.58. The summed E-state index contributed by atoms with van der Waals surface area (Å²) in [5.74, 6) is 1.82. The first-order valence-corrected chi connectivity index (χ1v) is 10.5. The maximum Gasteiger partial charge on any atom is 0.247 e. The lowest BCUT2D eigenvalue weighted by molar-refractivity contribution is -0.119. The van der Waals surface area contributed by atoms with Crippen LogP contribution >= 0.6 is 11.8 Å². The van der Waals surface area contributed by atoms with Crippen LogP contribution in [-0.2, 0) is 10.5 Å². The summed E-state index contributed by atoms with van der Waals surface area (Å²) in [6.07, 6.45) is 0.519. The van der Waals surface area contributed by atoms with E-state index in [4.69, 9.17) is 15.2 Å². The Bertz CT molecular complexity index is 994. The van der Waals surface area contributed by atoms with Crippen LogP contribution in [0.25, 0.3) is 0 Å². The van der Waals surface area contributed by atoms with Crippen LogP contribution in [0.2, 0.25) is 0 Å². The number of ether oxygens (including phenoxy) is 2. The normalized spacial score (nSPS) is 11.7. The smallest absolute Gasteiger partial charge is 0.247 e. The van der Waals surface area contributed by atoms with E-state index in [0.29, 0.717) is 34.5 Å². The summed E-state index contributed by atoms with van der Waals surface area (Å²) in [7, 11) is 3.11. The highest BCUT2D eigenvalue weighted by atomic mass is 32.2. The number of carbonyl (C=O) groups is 1. The average Bonchev–Trinajstić information content (AvgIpc) is 3.14. The van der Waals surface area contributed by atoms with Gasteiger partial charge in [0.15, 0.2) is 5.16 Å². The van der Waals surface area contributed by atoms with Gasteiger partial charge in [-0.3, -0.25) is 9.36 Å². The molecule has 0 saturated carbocycles. The van der Waals surface area contributed by atoms with Crippen molar-refractivity contribution >= 4 is 29.3 Å². The van der Waals surface area contributed by atoms with E-state index in [1.54, 1.807) is 29.9 Å². The van der Waals surface area contributed by atoms with Crippen molar-refractivity contribution in [3.05, 3.63) is 54.1 Å². The average molecular weight is 428 g/mol. The predicted octanol–water partition coefficient (Wildman–Crippen LogP) is 3.76. The molecule has 2 aromatic carbocycles. The molecule has 3 aromatic rings. The van der Waals surface area contributed by atoms with Gasteiger partial charge >= 0.3 is 0 Å². The molecule has 0 aliphatic carbocycles. The summed E-state index contributed by atoms with van der Waals surface area (Å²) in [4.78, 5) is 13.1. The molecule has 3 rings (SSSR count). The second kappa shape index (κ2) is 10.0. The van der Waals surface area contributed by atoms with Crippen LogP contribution in [0.4, 0.5) is 11.6 Å². The molecule has 3 N–H and O–H groups in total. The molecule has 0 aliphatic rings. The third-order valence-electron chi connectivity index (χ3n) is 4.57. The molecular formula is C21H25N5O3S. The summed E-state index contributed by atoms with van der Waals surface area (Å²) >= 11 is 1.49. The quantitative estimate of drug-likeness (QED) is 0.501. The molecule has 1 heterocycles. The van der Waals surface area contributed by atoms with Crippen molar-refractivity contribution in [3.63, 3.8) is 0 Å². The highest BCUT2D eigenvalue weighted by molar-refractivity contribution is 7.98. The van der Waals surface area contributed by atoms with Crippen LogP contribution in [-0.4, -0.2) is 34.9 Å². The number of nitrogen functional groups attached to an aromatic ring is 1. The Kier molecular flexibility index (Phi) is 7.18. The maximum absolute atomic E-state index is 13.1. The van der Waals surface area contributed by atoms with Crippen molar-refractivity contribution < 1.29 is 14.3 Å². The van der Waals surface area contributed by atoms with Crippen molar-refractivity contribution in [2.24, 2.45) is 0 Å². The number of hydrogen-bond acceptors (Lipinski definition) is 7. The van der Waals surface area contributed by atoms with Gasteiger partial charge in [-0.1, -0.05) is 49.0 Å². The molecule has 0 fully saturated rings. The number of carbonyl (C=O) groups excluding carboxylic acids is 1. The molecular weight excluding hydrogens is 402 g/mol. The number of amides is 1. The van der Waals surface area contributed by atoms with Gasteiger partial charge in [0.1, 0.15) is 17.5 Å². The van der Waals surface area contributed by atoms with Crippen LogP contribution in [0.5, 0.6) is 11.5 Å². The number of hydrogen-bond donors (Lipinski definition) is 2. The summed E-state index contributed by atoms with van der Waals surface area (Å²) in [5, 5.41) is 11.7. The van der Waals surface area contributed by atoms with Crippen LogP contribution in [0.3, 0.4) is 0 Å². The van der Waals surface area contributed by atoms with Crippen LogP contribution < -0.4 is 20.5 Å². The molecule has 1 amide bonds. The first-order valence-electron chi connectivity index (χ1n) is 9.47. The molecule has 0 aliphatic heterocycles. The topological polar surface area (TPSA) is 104 Å². The van der Waals surface area contributed by atoms with E-state index in [1.807, 2.05) is 37.3 Å². The number of benzene rings is 2. The highest BCUT2D eigenvalue weighted by Gasteiger charge is 2.25. The fourth-order valence-corrected chi connectivity index (χ4v) is 3.95. The molecule has 30 heavy (non-hydrogen) atoms. The Morgan fingerprint density at radius 2 is 1.93 bits per heavy atom. The lowest BCUT2D eigenvalue weighted by Crippen LogP contribution is -2.27. The predicted molar refractivity (Wildman–Crippen MR) is 118 cm³/mol. The van der Waals surface area contributed by atoms with Gasteiger partial charge in [0.2, 0.25) is 11.9 Å². The third kappa shape index (κ3) is 4.85. The van der Waals surface area contributed by atoms with E-state index >= 15 is 0 Å². The highest BCUT2D eigenvalue weighted by Crippen LogP contribution is 2.32. The second-order valence-electron chi connectivity index (χ2n) is 6.46. The van der Waals surface area contributed by atoms with Crippen LogP contribution in [0.15, 0.2) is 53.7 Å². The zero-order valence-electron chi connectivity index (χ0n) is 17.2. The molecule has 158 valence electrons. The minimum atomic E-state index is -0.565. The van der Waals surface area contributed by atoms with Gasteiger partial charge in [-0.05, 0) is 24.1 Å². The lowest BCUT2D eigenvalue weighted by atomic mass is 10.2. The Labute approximate surface area is 179 Å². The van der Waals surface area contributed by atoms with Gasteiger partial charge in [-0.2, -0.15) is 0 Å².